The number of aliphatic hydroxyl groups excluding tert-OH is 1. The van der Waals surface area contributed by atoms with Crippen molar-refractivity contribution in [1.82, 2.24) is 20.9 Å². The van der Waals surface area contributed by atoms with Gasteiger partial charge in [-0.1, -0.05) is 0 Å². The zero-order valence-corrected chi connectivity index (χ0v) is 16.8. The summed E-state index contributed by atoms with van der Waals surface area (Å²) in [4.78, 5) is 61.8. The zero-order chi connectivity index (χ0) is 22.4. The Morgan fingerprint density at radius 1 is 1.17 bits per heavy atom. The minimum absolute atomic E-state index is 0.171. The molecule has 0 saturated carbocycles. The van der Waals surface area contributed by atoms with Crippen LogP contribution in [0.5, 0.6) is 0 Å². The maximum Gasteiger partial charge on any atom is 0.326 e. The molecule has 5 atom stereocenters. The Balaban J connectivity index is 2.11. The number of hydrogen-bond donors (Lipinski definition) is 6. The maximum absolute atomic E-state index is 12.8. The van der Waals surface area contributed by atoms with Crippen LogP contribution in [-0.4, -0.2) is 88.1 Å². The Labute approximate surface area is 173 Å². The number of nitrogens with one attached hydrogen (secondary N) is 3. The second-order valence-corrected chi connectivity index (χ2v) is 7.64. The molecule has 5 unspecified atom stereocenters. The minimum Gasteiger partial charge on any atom is -0.480 e. The van der Waals surface area contributed by atoms with Gasteiger partial charge < -0.3 is 36.8 Å². The largest absolute Gasteiger partial charge is 0.480 e. The first-order valence-corrected chi connectivity index (χ1v) is 9.95. The third kappa shape index (κ3) is 5.89. The fourth-order valence-electron chi connectivity index (χ4n) is 3.72. The molecule has 12 nitrogen and oxygen atoms in total. The number of carbonyl (C=O) groups is 5. The first-order chi connectivity index (χ1) is 14.1. The Morgan fingerprint density at radius 2 is 1.87 bits per heavy atom. The van der Waals surface area contributed by atoms with Crippen molar-refractivity contribution in [2.45, 2.75) is 69.3 Å². The Hall–Kier alpha value is -2.73. The van der Waals surface area contributed by atoms with Gasteiger partial charge in [0.1, 0.15) is 18.1 Å². The molecule has 2 rings (SSSR count). The molecule has 2 aliphatic rings. The zero-order valence-electron chi connectivity index (χ0n) is 16.8. The van der Waals surface area contributed by atoms with E-state index in [2.05, 4.69) is 16.0 Å². The van der Waals surface area contributed by atoms with Gasteiger partial charge in [-0.15, -0.1) is 0 Å². The Morgan fingerprint density at radius 3 is 2.40 bits per heavy atom. The summed E-state index contributed by atoms with van der Waals surface area (Å²) >= 11 is 0. The molecule has 0 aromatic rings. The van der Waals surface area contributed by atoms with E-state index in [4.69, 9.17) is 5.73 Å². The van der Waals surface area contributed by atoms with E-state index in [1.807, 2.05) is 0 Å². The number of aliphatic carboxylic acids is 1. The monoisotopic (exact) mass is 427 g/mol. The van der Waals surface area contributed by atoms with E-state index in [0.29, 0.717) is 19.4 Å². The molecule has 4 amide bonds. The first-order valence-electron chi connectivity index (χ1n) is 9.95. The molecule has 0 radical (unpaired) electrons. The fraction of sp³-hybridized carbons (Fsp3) is 0.722. The predicted octanol–water partition coefficient (Wildman–Crippen LogP) is -2.96. The molecule has 0 aliphatic carbocycles. The van der Waals surface area contributed by atoms with E-state index >= 15 is 0 Å². The van der Waals surface area contributed by atoms with Gasteiger partial charge in [-0.25, -0.2) is 4.79 Å². The van der Waals surface area contributed by atoms with Crippen molar-refractivity contribution in [2.75, 3.05) is 13.1 Å². The Bertz CT molecular complexity index is 692. The maximum atomic E-state index is 12.8. The summed E-state index contributed by atoms with van der Waals surface area (Å²) in [6, 6.07) is -4.30. The fourth-order valence-corrected chi connectivity index (χ4v) is 3.72. The summed E-state index contributed by atoms with van der Waals surface area (Å²) in [5, 5.41) is 27.0. The molecule has 2 saturated heterocycles. The summed E-state index contributed by atoms with van der Waals surface area (Å²) in [6.45, 7) is 2.14. The van der Waals surface area contributed by atoms with Crippen molar-refractivity contribution < 1.29 is 34.2 Å². The SMILES string of the molecule is CC(O)C(NC(=O)C1CCCN1)C(=O)NC(CC(N)=O)C(=O)N1CCCC1C(=O)O. The van der Waals surface area contributed by atoms with E-state index in [0.717, 1.165) is 11.3 Å². The molecule has 0 aromatic carbocycles. The van der Waals surface area contributed by atoms with Crippen molar-refractivity contribution in [3.05, 3.63) is 0 Å². The third-order valence-electron chi connectivity index (χ3n) is 5.28. The van der Waals surface area contributed by atoms with Gasteiger partial charge in [0, 0.05) is 6.54 Å². The average Bonchev–Trinajstić information content (AvgIpc) is 3.35. The molecule has 2 fully saturated rings. The number of rotatable bonds is 9. The van der Waals surface area contributed by atoms with Crippen LogP contribution in [-0.2, 0) is 24.0 Å². The van der Waals surface area contributed by atoms with Gasteiger partial charge >= 0.3 is 5.97 Å². The minimum atomic E-state index is -1.40. The first kappa shape index (κ1) is 23.5. The van der Waals surface area contributed by atoms with Gasteiger partial charge in [0.25, 0.3) is 0 Å². The Kier molecular flexibility index (Phi) is 8.12. The van der Waals surface area contributed by atoms with Crippen LogP contribution in [0.15, 0.2) is 0 Å². The highest BCUT2D eigenvalue weighted by molar-refractivity contribution is 5.96. The molecule has 12 heteroatoms. The van der Waals surface area contributed by atoms with Gasteiger partial charge in [-0.3, -0.25) is 19.2 Å². The smallest absolute Gasteiger partial charge is 0.326 e. The van der Waals surface area contributed by atoms with Gasteiger partial charge in [0.15, 0.2) is 0 Å². The lowest BCUT2D eigenvalue weighted by molar-refractivity contribution is -0.150. The van der Waals surface area contributed by atoms with Crippen LogP contribution in [0.3, 0.4) is 0 Å². The van der Waals surface area contributed by atoms with E-state index in [1.165, 1.54) is 6.92 Å². The lowest BCUT2D eigenvalue weighted by atomic mass is 10.1. The number of likely N-dealkylation sites (tertiary alicyclic amines) is 1. The molecule has 168 valence electrons. The molecule has 0 spiro atoms. The number of nitrogens with zero attached hydrogens (tertiary/aromatic N) is 1. The second-order valence-electron chi connectivity index (χ2n) is 7.64. The molecule has 0 bridgehead atoms. The van der Waals surface area contributed by atoms with Crippen LogP contribution in [0.25, 0.3) is 0 Å². The standard InChI is InChI=1S/C18H29N5O7/c1-9(24)14(22-15(26)10-4-2-6-20-10)16(27)21-11(8-13(19)25)17(28)23-7-3-5-12(23)18(29)30/h9-12,14,20,24H,2-8H2,1H3,(H2,19,25)(H,21,27)(H,22,26)(H,29,30). The summed E-state index contributed by atoms with van der Waals surface area (Å²) in [5.74, 6) is -4.13. The molecule has 30 heavy (non-hydrogen) atoms. The summed E-state index contributed by atoms with van der Waals surface area (Å²) < 4.78 is 0. The number of aliphatic hydroxyl groups is 1. The highest BCUT2D eigenvalue weighted by Gasteiger charge is 2.39. The van der Waals surface area contributed by atoms with E-state index < -0.39 is 66.3 Å². The van der Waals surface area contributed by atoms with Gasteiger partial charge in [0.05, 0.1) is 18.6 Å². The van der Waals surface area contributed by atoms with Crippen LogP contribution in [0.2, 0.25) is 0 Å². The normalized spacial score (nSPS) is 24.0. The molecule has 7 N–H and O–H groups in total. The number of hydrogen-bond acceptors (Lipinski definition) is 7. The van der Waals surface area contributed by atoms with Gasteiger partial charge in [0.2, 0.25) is 23.6 Å². The topological polar surface area (TPSA) is 191 Å². The van der Waals surface area contributed by atoms with Crippen molar-refractivity contribution >= 4 is 29.6 Å². The highest BCUT2D eigenvalue weighted by atomic mass is 16.4. The predicted molar refractivity (Wildman–Crippen MR) is 103 cm³/mol. The van der Waals surface area contributed by atoms with E-state index in [1.54, 1.807) is 0 Å². The van der Waals surface area contributed by atoms with Crippen LogP contribution in [0.4, 0.5) is 0 Å². The summed E-state index contributed by atoms with van der Waals surface area (Å²) in [7, 11) is 0. The van der Waals surface area contributed by atoms with Crippen molar-refractivity contribution in [3.63, 3.8) is 0 Å². The lowest BCUT2D eigenvalue weighted by Gasteiger charge is -2.29. The number of nitrogens with two attached hydrogens (primary N) is 1. The van der Waals surface area contributed by atoms with Crippen molar-refractivity contribution in [2.24, 2.45) is 5.73 Å². The van der Waals surface area contributed by atoms with Gasteiger partial charge in [-0.05, 0) is 39.2 Å². The second kappa shape index (κ2) is 10.3. The van der Waals surface area contributed by atoms with E-state index in [-0.39, 0.29) is 13.0 Å². The number of carbonyl (C=O) groups excluding carboxylic acids is 4. The van der Waals surface area contributed by atoms with Crippen LogP contribution >= 0.6 is 0 Å². The van der Waals surface area contributed by atoms with Crippen LogP contribution < -0.4 is 21.7 Å². The number of carboxylic acid groups (broad SMARTS) is 1. The van der Waals surface area contributed by atoms with E-state index in [9.17, 15) is 34.2 Å². The molecular formula is C18H29N5O7. The number of carboxylic acids is 1. The highest BCUT2D eigenvalue weighted by Crippen LogP contribution is 2.19. The van der Waals surface area contributed by atoms with Gasteiger partial charge in [-0.2, -0.15) is 0 Å². The quantitative estimate of drug-likeness (QED) is 0.225. The summed E-state index contributed by atoms with van der Waals surface area (Å²) in [5.41, 5.74) is 5.19. The molecule has 2 heterocycles. The number of amides is 4. The molecular weight excluding hydrogens is 398 g/mol. The average molecular weight is 427 g/mol. The summed E-state index contributed by atoms with van der Waals surface area (Å²) in [6.07, 6.45) is 0.309. The molecule has 2 aliphatic heterocycles. The van der Waals surface area contributed by atoms with Crippen LogP contribution in [0, 0.1) is 0 Å². The van der Waals surface area contributed by atoms with Crippen LogP contribution in [0.1, 0.15) is 39.0 Å². The third-order valence-corrected chi connectivity index (χ3v) is 5.28. The molecule has 0 aromatic heterocycles. The lowest BCUT2D eigenvalue weighted by Crippen LogP contribution is -2.60. The number of primary amides is 1. The van der Waals surface area contributed by atoms with Crippen molar-refractivity contribution in [1.29, 1.82) is 0 Å². The van der Waals surface area contributed by atoms with Crippen molar-refractivity contribution in [3.8, 4) is 0 Å².